The zero-order valence-electron chi connectivity index (χ0n) is 18.5. The molecule has 0 spiro atoms. The number of H-pyrrole nitrogens is 1. The van der Waals surface area contributed by atoms with Crippen LogP contribution in [0.5, 0.6) is 11.6 Å². The van der Waals surface area contributed by atoms with Gasteiger partial charge in [-0.3, -0.25) is 0 Å². The number of aromatic nitrogens is 1. The predicted molar refractivity (Wildman–Crippen MR) is 122 cm³/mol. The van der Waals surface area contributed by atoms with Crippen molar-refractivity contribution < 1.29 is 24.5 Å². The summed E-state index contributed by atoms with van der Waals surface area (Å²) in [5, 5.41) is 25.2. The molecule has 0 radical (unpaired) electrons. The van der Waals surface area contributed by atoms with Crippen molar-refractivity contribution in [3.05, 3.63) is 59.2 Å². The van der Waals surface area contributed by atoms with Gasteiger partial charge in [-0.25, -0.2) is 4.79 Å². The Kier molecular flexibility index (Phi) is 6.39. The van der Waals surface area contributed by atoms with Gasteiger partial charge in [0.05, 0.1) is 12.7 Å². The second-order valence-electron chi connectivity index (χ2n) is 8.58. The van der Waals surface area contributed by atoms with Gasteiger partial charge in [-0.2, -0.15) is 0 Å². The van der Waals surface area contributed by atoms with Crippen LogP contribution in [0.25, 0.3) is 10.9 Å². The molecule has 1 aliphatic carbocycles. The lowest BCUT2D eigenvalue weighted by molar-refractivity contribution is -0.0538. The fraction of sp³-hybridized carbons (Fsp3) is 0.400. The number of aliphatic hydroxyl groups is 1. The van der Waals surface area contributed by atoms with Crippen LogP contribution in [0.3, 0.4) is 0 Å². The van der Waals surface area contributed by atoms with E-state index in [2.05, 4.69) is 10.3 Å². The first kappa shape index (κ1) is 22.2. The summed E-state index contributed by atoms with van der Waals surface area (Å²) in [6.07, 6.45) is 2.30. The molecule has 4 rings (SSSR count). The zero-order chi connectivity index (χ0) is 22.7. The Hall–Kier alpha value is -3.03. The Morgan fingerprint density at radius 1 is 1.25 bits per heavy atom. The SMILES string of the molecule is COc1cccc(C2(O)CCCCC2CNCc2c(OC(=O)O)[nH]c3ccc(C)cc23)c1. The summed E-state index contributed by atoms with van der Waals surface area (Å²) in [6, 6.07) is 13.6. The van der Waals surface area contributed by atoms with Gasteiger partial charge in [0.1, 0.15) is 5.75 Å². The van der Waals surface area contributed by atoms with Crippen LogP contribution < -0.4 is 14.8 Å². The van der Waals surface area contributed by atoms with Gasteiger partial charge in [0.15, 0.2) is 0 Å². The lowest BCUT2D eigenvalue weighted by atomic mass is 9.71. The van der Waals surface area contributed by atoms with Gasteiger partial charge in [-0.05, 0) is 49.6 Å². The van der Waals surface area contributed by atoms with Crippen molar-refractivity contribution in [1.82, 2.24) is 10.3 Å². The molecule has 1 heterocycles. The molecular formula is C25H30N2O5. The summed E-state index contributed by atoms with van der Waals surface area (Å²) in [5.74, 6) is 0.995. The van der Waals surface area contributed by atoms with Gasteiger partial charge in [0.2, 0.25) is 5.88 Å². The van der Waals surface area contributed by atoms with Crippen LogP contribution in [0.15, 0.2) is 42.5 Å². The quantitative estimate of drug-likeness (QED) is 0.398. The molecule has 1 fully saturated rings. The number of carboxylic acid groups (broad SMARTS) is 1. The molecule has 7 heteroatoms. The van der Waals surface area contributed by atoms with Gasteiger partial charge in [0, 0.05) is 35.5 Å². The summed E-state index contributed by atoms with van der Waals surface area (Å²) in [5.41, 5.74) is 2.62. The normalized spacial score (nSPS) is 20.9. The van der Waals surface area contributed by atoms with E-state index in [0.717, 1.165) is 52.6 Å². The van der Waals surface area contributed by atoms with Crippen LogP contribution in [-0.4, -0.2) is 35.0 Å². The predicted octanol–water partition coefficient (Wildman–Crippen LogP) is 4.71. The molecule has 0 saturated heterocycles. The van der Waals surface area contributed by atoms with Crippen LogP contribution in [0.2, 0.25) is 0 Å². The van der Waals surface area contributed by atoms with Crippen molar-refractivity contribution in [3.63, 3.8) is 0 Å². The summed E-state index contributed by atoms with van der Waals surface area (Å²) in [6.45, 7) is 3.02. The molecule has 170 valence electrons. The van der Waals surface area contributed by atoms with E-state index in [1.165, 1.54) is 0 Å². The second-order valence-corrected chi connectivity index (χ2v) is 8.58. The first-order valence-electron chi connectivity index (χ1n) is 11.0. The molecule has 0 aliphatic heterocycles. The van der Waals surface area contributed by atoms with E-state index >= 15 is 0 Å². The maximum atomic E-state index is 11.7. The molecule has 4 N–H and O–H groups in total. The number of benzene rings is 2. The number of nitrogens with one attached hydrogen (secondary N) is 2. The van der Waals surface area contributed by atoms with Gasteiger partial charge < -0.3 is 30.0 Å². The van der Waals surface area contributed by atoms with Crippen molar-refractivity contribution in [2.75, 3.05) is 13.7 Å². The minimum atomic E-state index is -1.35. The number of aromatic amines is 1. The van der Waals surface area contributed by atoms with E-state index in [0.29, 0.717) is 19.5 Å². The molecule has 0 amide bonds. The Balaban J connectivity index is 1.54. The monoisotopic (exact) mass is 438 g/mol. The Morgan fingerprint density at radius 3 is 2.88 bits per heavy atom. The third kappa shape index (κ3) is 4.45. The highest BCUT2D eigenvalue weighted by Crippen LogP contribution is 2.42. The number of methoxy groups -OCH3 is 1. The zero-order valence-corrected chi connectivity index (χ0v) is 18.5. The highest BCUT2D eigenvalue weighted by molar-refractivity contribution is 5.87. The molecular weight excluding hydrogens is 408 g/mol. The molecule has 0 bridgehead atoms. The summed E-state index contributed by atoms with van der Waals surface area (Å²) in [4.78, 5) is 14.2. The highest BCUT2D eigenvalue weighted by Gasteiger charge is 2.40. The summed E-state index contributed by atoms with van der Waals surface area (Å²) < 4.78 is 10.4. The van der Waals surface area contributed by atoms with E-state index in [1.54, 1.807) is 7.11 Å². The van der Waals surface area contributed by atoms with Gasteiger partial charge in [-0.1, -0.05) is 36.6 Å². The molecule has 2 atom stereocenters. The van der Waals surface area contributed by atoms with Crippen molar-refractivity contribution in [2.24, 2.45) is 5.92 Å². The third-order valence-electron chi connectivity index (χ3n) is 6.51. The maximum Gasteiger partial charge on any atom is 0.512 e. The van der Waals surface area contributed by atoms with Crippen LogP contribution >= 0.6 is 0 Å². The third-order valence-corrected chi connectivity index (χ3v) is 6.51. The minimum absolute atomic E-state index is 0.0270. The van der Waals surface area contributed by atoms with E-state index in [4.69, 9.17) is 14.6 Å². The Labute approximate surface area is 187 Å². The average molecular weight is 439 g/mol. The molecule has 1 aliphatic rings. The molecule has 7 nitrogen and oxygen atoms in total. The molecule has 2 unspecified atom stereocenters. The number of ether oxygens (including phenoxy) is 2. The number of carbonyl (C=O) groups is 1. The van der Waals surface area contributed by atoms with Gasteiger partial charge in [-0.15, -0.1) is 0 Å². The minimum Gasteiger partial charge on any atom is -0.497 e. The van der Waals surface area contributed by atoms with Crippen molar-refractivity contribution in [2.45, 2.75) is 44.8 Å². The van der Waals surface area contributed by atoms with E-state index in [-0.39, 0.29) is 11.8 Å². The molecule has 1 aromatic heterocycles. The van der Waals surface area contributed by atoms with Gasteiger partial charge >= 0.3 is 6.16 Å². The van der Waals surface area contributed by atoms with Crippen LogP contribution in [0.1, 0.15) is 42.4 Å². The topological polar surface area (TPSA) is 104 Å². The first-order chi connectivity index (χ1) is 15.4. The van der Waals surface area contributed by atoms with Crippen LogP contribution in [0.4, 0.5) is 4.79 Å². The fourth-order valence-corrected chi connectivity index (χ4v) is 4.83. The number of aryl methyl sites for hydroxylation is 1. The smallest absolute Gasteiger partial charge is 0.497 e. The molecule has 1 saturated carbocycles. The number of hydrogen-bond acceptors (Lipinski definition) is 5. The number of rotatable bonds is 7. The second kappa shape index (κ2) is 9.22. The summed E-state index contributed by atoms with van der Waals surface area (Å²) in [7, 11) is 1.63. The lowest BCUT2D eigenvalue weighted by Gasteiger charge is -2.41. The maximum absolute atomic E-state index is 11.7. The van der Waals surface area contributed by atoms with E-state index in [9.17, 15) is 9.90 Å². The Morgan fingerprint density at radius 2 is 2.09 bits per heavy atom. The standard InChI is InChI=1S/C25H30N2O5/c1-16-9-10-22-20(12-16)21(23(27-22)32-24(28)29)15-26-14-18-6-3-4-11-25(18,30)17-7-5-8-19(13-17)31-2/h5,7-10,12-13,18,26-27,30H,3-4,6,11,14-15H2,1-2H3,(H,28,29). The van der Waals surface area contributed by atoms with Crippen molar-refractivity contribution in [1.29, 1.82) is 0 Å². The molecule has 32 heavy (non-hydrogen) atoms. The lowest BCUT2D eigenvalue weighted by Crippen LogP contribution is -2.43. The van der Waals surface area contributed by atoms with Gasteiger partial charge in [0.25, 0.3) is 0 Å². The van der Waals surface area contributed by atoms with E-state index in [1.807, 2.05) is 49.4 Å². The number of hydrogen-bond donors (Lipinski definition) is 4. The first-order valence-corrected chi connectivity index (χ1v) is 11.0. The highest BCUT2D eigenvalue weighted by atomic mass is 16.7. The molecule has 2 aromatic carbocycles. The van der Waals surface area contributed by atoms with Crippen LogP contribution in [-0.2, 0) is 12.1 Å². The number of fused-ring (bicyclic) bond motifs is 1. The fourth-order valence-electron chi connectivity index (χ4n) is 4.83. The average Bonchev–Trinajstić information content (AvgIpc) is 3.10. The molecule has 3 aromatic rings. The van der Waals surface area contributed by atoms with Crippen molar-refractivity contribution in [3.8, 4) is 11.6 Å². The largest absolute Gasteiger partial charge is 0.512 e. The van der Waals surface area contributed by atoms with Crippen molar-refractivity contribution >= 4 is 17.1 Å². The van der Waals surface area contributed by atoms with Crippen LogP contribution in [0, 0.1) is 12.8 Å². The van der Waals surface area contributed by atoms with E-state index < -0.39 is 11.8 Å². The Bertz CT molecular complexity index is 1110. The summed E-state index contributed by atoms with van der Waals surface area (Å²) >= 11 is 0.